The Kier molecular flexibility index (Phi) is 4.82. The highest BCUT2D eigenvalue weighted by atomic mass is 79.9. The summed E-state index contributed by atoms with van der Waals surface area (Å²) in [5.74, 6) is 0. The van der Waals surface area contributed by atoms with Crippen molar-refractivity contribution in [1.82, 2.24) is 10.2 Å². The zero-order chi connectivity index (χ0) is 11.4. The fourth-order valence-corrected chi connectivity index (χ4v) is 3.63. The molecule has 1 N–H and O–H groups in total. The minimum Gasteiger partial charge on any atom is -0.310 e. The number of likely N-dealkylation sites (tertiary alicyclic amines) is 1. The summed E-state index contributed by atoms with van der Waals surface area (Å²) in [6.07, 6.45) is 4.10. The summed E-state index contributed by atoms with van der Waals surface area (Å²) >= 11 is 5.30. The highest BCUT2D eigenvalue weighted by molar-refractivity contribution is 9.10. The first kappa shape index (κ1) is 12.6. The Bertz CT molecular complexity index is 327. The van der Waals surface area contributed by atoms with E-state index in [0.29, 0.717) is 0 Å². The molecule has 0 radical (unpaired) electrons. The summed E-state index contributed by atoms with van der Waals surface area (Å²) < 4.78 is 1.20. The molecule has 0 aliphatic carbocycles. The first-order chi connectivity index (χ1) is 7.75. The summed E-state index contributed by atoms with van der Waals surface area (Å²) in [5, 5.41) is 5.71. The second kappa shape index (κ2) is 6.15. The van der Waals surface area contributed by atoms with E-state index in [2.05, 4.69) is 44.6 Å². The first-order valence-corrected chi connectivity index (χ1v) is 7.57. The normalized spacial score (nSPS) is 22.5. The summed E-state index contributed by atoms with van der Waals surface area (Å²) in [4.78, 5) is 3.89. The van der Waals surface area contributed by atoms with E-state index in [4.69, 9.17) is 0 Å². The second-order valence-electron chi connectivity index (χ2n) is 4.49. The molecule has 1 saturated heterocycles. The molecular formula is C12H19BrN2S. The van der Waals surface area contributed by atoms with Gasteiger partial charge < -0.3 is 10.2 Å². The molecule has 2 heterocycles. The molecule has 0 bridgehead atoms. The van der Waals surface area contributed by atoms with Gasteiger partial charge in [-0.05, 0) is 48.4 Å². The SMILES string of the molecule is CN1CCCCC1CNCc1cc(Br)cs1. The van der Waals surface area contributed by atoms with Crippen molar-refractivity contribution in [2.75, 3.05) is 20.1 Å². The van der Waals surface area contributed by atoms with Gasteiger partial charge in [-0.3, -0.25) is 0 Å². The van der Waals surface area contributed by atoms with Crippen molar-refractivity contribution in [2.45, 2.75) is 31.8 Å². The van der Waals surface area contributed by atoms with Gasteiger partial charge in [-0.2, -0.15) is 0 Å². The van der Waals surface area contributed by atoms with Crippen LogP contribution in [0.4, 0.5) is 0 Å². The molecule has 0 saturated carbocycles. The number of likely N-dealkylation sites (N-methyl/N-ethyl adjacent to an activating group) is 1. The quantitative estimate of drug-likeness (QED) is 0.919. The van der Waals surface area contributed by atoms with Crippen molar-refractivity contribution < 1.29 is 0 Å². The Morgan fingerprint density at radius 1 is 1.56 bits per heavy atom. The summed E-state index contributed by atoms with van der Waals surface area (Å²) in [6, 6.07) is 2.93. The number of hydrogen-bond acceptors (Lipinski definition) is 3. The molecule has 0 amide bonds. The van der Waals surface area contributed by atoms with Crippen LogP contribution in [0.2, 0.25) is 0 Å². The van der Waals surface area contributed by atoms with E-state index in [-0.39, 0.29) is 0 Å². The third-order valence-corrected chi connectivity index (χ3v) is 4.92. The smallest absolute Gasteiger partial charge is 0.0300 e. The van der Waals surface area contributed by atoms with E-state index in [1.807, 2.05) is 11.3 Å². The lowest BCUT2D eigenvalue weighted by atomic mass is 10.0. The number of nitrogens with one attached hydrogen (secondary N) is 1. The average Bonchev–Trinajstić information content (AvgIpc) is 2.67. The molecule has 16 heavy (non-hydrogen) atoms. The van der Waals surface area contributed by atoms with Crippen molar-refractivity contribution >= 4 is 27.3 Å². The van der Waals surface area contributed by atoms with Gasteiger partial charge in [-0.25, -0.2) is 0 Å². The number of nitrogens with zero attached hydrogens (tertiary/aromatic N) is 1. The molecule has 90 valence electrons. The van der Waals surface area contributed by atoms with Gasteiger partial charge in [-0.15, -0.1) is 11.3 Å². The van der Waals surface area contributed by atoms with E-state index in [9.17, 15) is 0 Å². The fourth-order valence-electron chi connectivity index (χ4n) is 2.21. The summed E-state index contributed by atoms with van der Waals surface area (Å²) in [6.45, 7) is 3.38. The van der Waals surface area contributed by atoms with Gasteiger partial charge in [0.25, 0.3) is 0 Å². The van der Waals surface area contributed by atoms with Gasteiger partial charge >= 0.3 is 0 Å². The van der Waals surface area contributed by atoms with Gasteiger partial charge in [0, 0.05) is 33.9 Å². The molecular weight excluding hydrogens is 284 g/mol. The Hall–Kier alpha value is 0.1000. The number of hydrogen-bond donors (Lipinski definition) is 1. The largest absolute Gasteiger partial charge is 0.310 e. The molecule has 0 aromatic carbocycles. The van der Waals surface area contributed by atoms with Crippen molar-refractivity contribution in [2.24, 2.45) is 0 Å². The molecule has 4 heteroatoms. The lowest BCUT2D eigenvalue weighted by Crippen LogP contribution is -2.42. The highest BCUT2D eigenvalue weighted by Crippen LogP contribution is 2.19. The van der Waals surface area contributed by atoms with E-state index in [0.717, 1.165) is 19.1 Å². The molecule has 2 rings (SSSR count). The monoisotopic (exact) mass is 302 g/mol. The van der Waals surface area contributed by atoms with Crippen molar-refractivity contribution in [1.29, 1.82) is 0 Å². The zero-order valence-corrected chi connectivity index (χ0v) is 12.1. The zero-order valence-electron chi connectivity index (χ0n) is 9.71. The van der Waals surface area contributed by atoms with Crippen LogP contribution in [0.15, 0.2) is 15.9 Å². The third kappa shape index (κ3) is 3.55. The highest BCUT2D eigenvalue weighted by Gasteiger charge is 2.17. The van der Waals surface area contributed by atoms with Crippen LogP contribution >= 0.6 is 27.3 Å². The van der Waals surface area contributed by atoms with Gasteiger partial charge in [0.2, 0.25) is 0 Å². The van der Waals surface area contributed by atoms with Crippen LogP contribution in [0.5, 0.6) is 0 Å². The molecule has 1 atom stereocenters. The lowest BCUT2D eigenvalue weighted by Gasteiger charge is -2.32. The standard InChI is InChI=1S/C12H19BrN2S/c1-15-5-3-2-4-11(15)7-14-8-12-6-10(13)9-16-12/h6,9,11,14H,2-5,7-8H2,1H3. The second-order valence-corrected chi connectivity index (χ2v) is 6.40. The van der Waals surface area contributed by atoms with Crippen LogP contribution in [0.1, 0.15) is 24.1 Å². The Labute approximate surface area is 110 Å². The van der Waals surface area contributed by atoms with Crippen molar-refractivity contribution in [3.05, 3.63) is 20.8 Å². The molecule has 0 spiro atoms. The van der Waals surface area contributed by atoms with Gasteiger partial charge in [0.05, 0.1) is 0 Å². The maximum Gasteiger partial charge on any atom is 0.0300 e. The summed E-state index contributed by atoms with van der Waals surface area (Å²) in [5.41, 5.74) is 0. The molecule has 2 nitrogen and oxygen atoms in total. The third-order valence-electron chi connectivity index (χ3n) is 3.22. The Balaban J connectivity index is 1.71. The number of thiophene rings is 1. The first-order valence-electron chi connectivity index (χ1n) is 5.89. The maximum atomic E-state index is 3.56. The van der Waals surface area contributed by atoms with Crippen LogP contribution in [0, 0.1) is 0 Å². The van der Waals surface area contributed by atoms with E-state index >= 15 is 0 Å². The van der Waals surface area contributed by atoms with Crippen molar-refractivity contribution in [3.8, 4) is 0 Å². The molecule has 1 aromatic rings. The minimum atomic E-state index is 0.733. The predicted molar refractivity (Wildman–Crippen MR) is 74.0 cm³/mol. The van der Waals surface area contributed by atoms with Gasteiger partial charge in [0.15, 0.2) is 0 Å². The van der Waals surface area contributed by atoms with Crippen LogP contribution in [0.3, 0.4) is 0 Å². The maximum absolute atomic E-state index is 3.56. The molecule has 1 aromatic heterocycles. The topological polar surface area (TPSA) is 15.3 Å². The molecule has 1 aliphatic rings. The average molecular weight is 303 g/mol. The molecule has 1 fully saturated rings. The molecule has 1 unspecified atom stereocenters. The predicted octanol–water partition coefficient (Wildman–Crippen LogP) is 3.08. The number of rotatable bonds is 4. The number of piperidine rings is 1. The lowest BCUT2D eigenvalue weighted by molar-refractivity contribution is 0.181. The van der Waals surface area contributed by atoms with E-state index in [1.165, 1.54) is 35.2 Å². The van der Waals surface area contributed by atoms with Crippen LogP contribution < -0.4 is 5.32 Å². The fraction of sp³-hybridized carbons (Fsp3) is 0.667. The Morgan fingerprint density at radius 2 is 2.44 bits per heavy atom. The van der Waals surface area contributed by atoms with Crippen molar-refractivity contribution in [3.63, 3.8) is 0 Å². The van der Waals surface area contributed by atoms with E-state index in [1.54, 1.807) is 0 Å². The van der Waals surface area contributed by atoms with Gasteiger partial charge in [-0.1, -0.05) is 6.42 Å². The minimum absolute atomic E-state index is 0.733. The van der Waals surface area contributed by atoms with Crippen LogP contribution in [-0.4, -0.2) is 31.1 Å². The number of halogens is 1. The molecule has 1 aliphatic heterocycles. The van der Waals surface area contributed by atoms with Crippen LogP contribution in [0.25, 0.3) is 0 Å². The van der Waals surface area contributed by atoms with Gasteiger partial charge in [0.1, 0.15) is 0 Å². The Morgan fingerprint density at radius 3 is 3.12 bits per heavy atom. The van der Waals surface area contributed by atoms with E-state index < -0.39 is 0 Å². The summed E-state index contributed by atoms with van der Waals surface area (Å²) in [7, 11) is 2.24. The van der Waals surface area contributed by atoms with Crippen LogP contribution in [-0.2, 0) is 6.54 Å².